The minimum Gasteiger partial charge on any atom is -0.348 e. The summed E-state index contributed by atoms with van der Waals surface area (Å²) in [5, 5.41) is 1.16. The first-order valence-electron chi connectivity index (χ1n) is 5.73. The molecule has 15 heavy (non-hydrogen) atoms. The molecular weight excluding hydrogens is 206 g/mol. The molecule has 3 nitrogen and oxygen atoms in total. The van der Waals surface area contributed by atoms with Gasteiger partial charge in [-0.15, -0.1) is 11.3 Å². The molecule has 4 heteroatoms. The van der Waals surface area contributed by atoms with E-state index in [1.165, 1.54) is 37.2 Å². The molecule has 0 radical (unpaired) electrons. The van der Waals surface area contributed by atoms with Crippen LogP contribution < -0.4 is 10.6 Å². The first-order valence-corrected chi connectivity index (χ1v) is 6.54. The lowest BCUT2D eigenvalue weighted by Crippen LogP contribution is -2.19. The monoisotopic (exact) mass is 225 g/mol. The fourth-order valence-electron chi connectivity index (χ4n) is 2.19. The molecular formula is C11H19N3S. The Morgan fingerprint density at radius 2 is 2.53 bits per heavy atom. The van der Waals surface area contributed by atoms with Gasteiger partial charge in [-0.25, -0.2) is 4.98 Å². The summed E-state index contributed by atoms with van der Waals surface area (Å²) in [5.74, 6) is 0.875. The number of nitrogens with two attached hydrogens (primary N) is 1. The molecule has 2 heterocycles. The lowest BCUT2D eigenvalue weighted by molar-refractivity contribution is 0.530. The van der Waals surface area contributed by atoms with E-state index in [1.807, 2.05) is 6.20 Å². The van der Waals surface area contributed by atoms with Gasteiger partial charge < -0.3 is 10.6 Å². The zero-order valence-electron chi connectivity index (χ0n) is 9.28. The Labute approximate surface area is 95.3 Å². The molecule has 1 aromatic heterocycles. The zero-order valence-corrected chi connectivity index (χ0v) is 10.1. The van der Waals surface area contributed by atoms with Gasteiger partial charge in [-0.3, -0.25) is 0 Å². The highest BCUT2D eigenvalue weighted by atomic mass is 32.1. The van der Waals surface area contributed by atoms with E-state index in [1.54, 1.807) is 11.3 Å². The second kappa shape index (κ2) is 4.94. The van der Waals surface area contributed by atoms with Gasteiger partial charge in [0.2, 0.25) is 0 Å². The normalized spacial score (nSPS) is 21.2. The SMILES string of the molecule is CCCC1CCN(c2ncc(CN)s2)C1. The second-order valence-corrected chi connectivity index (χ2v) is 5.30. The summed E-state index contributed by atoms with van der Waals surface area (Å²) in [7, 11) is 0. The quantitative estimate of drug-likeness (QED) is 0.854. The van der Waals surface area contributed by atoms with Gasteiger partial charge in [0.1, 0.15) is 0 Å². The molecule has 84 valence electrons. The van der Waals surface area contributed by atoms with Gasteiger partial charge in [0.15, 0.2) is 5.13 Å². The van der Waals surface area contributed by atoms with Gasteiger partial charge in [-0.05, 0) is 18.8 Å². The maximum atomic E-state index is 5.59. The molecule has 1 unspecified atom stereocenters. The van der Waals surface area contributed by atoms with Crippen LogP contribution in [0.5, 0.6) is 0 Å². The number of thiazole rings is 1. The van der Waals surface area contributed by atoms with Crippen LogP contribution in [0.15, 0.2) is 6.20 Å². The van der Waals surface area contributed by atoms with E-state index in [-0.39, 0.29) is 0 Å². The molecule has 1 aliphatic heterocycles. The Balaban J connectivity index is 1.95. The first kappa shape index (κ1) is 10.9. The van der Waals surface area contributed by atoms with Crippen LogP contribution in [0.3, 0.4) is 0 Å². The largest absolute Gasteiger partial charge is 0.348 e. The van der Waals surface area contributed by atoms with E-state index in [9.17, 15) is 0 Å². The van der Waals surface area contributed by atoms with Crippen LogP contribution in [0.4, 0.5) is 5.13 Å². The van der Waals surface area contributed by atoms with Crippen molar-refractivity contribution in [2.45, 2.75) is 32.7 Å². The molecule has 1 atom stereocenters. The molecule has 0 bridgehead atoms. The third-order valence-electron chi connectivity index (χ3n) is 3.00. The van der Waals surface area contributed by atoms with E-state index in [0.717, 1.165) is 11.0 Å². The van der Waals surface area contributed by atoms with Crippen LogP contribution in [0.2, 0.25) is 0 Å². The number of hydrogen-bond donors (Lipinski definition) is 1. The van der Waals surface area contributed by atoms with Crippen LogP contribution in [0.25, 0.3) is 0 Å². The van der Waals surface area contributed by atoms with E-state index in [0.29, 0.717) is 6.54 Å². The van der Waals surface area contributed by atoms with E-state index in [4.69, 9.17) is 5.73 Å². The Morgan fingerprint density at radius 1 is 1.67 bits per heavy atom. The van der Waals surface area contributed by atoms with E-state index < -0.39 is 0 Å². The highest BCUT2D eigenvalue weighted by molar-refractivity contribution is 7.15. The molecule has 0 saturated carbocycles. The summed E-state index contributed by atoms with van der Waals surface area (Å²) < 4.78 is 0. The molecule has 0 aliphatic carbocycles. The number of rotatable bonds is 4. The first-order chi connectivity index (χ1) is 7.33. The maximum Gasteiger partial charge on any atom is 0.185 e. The summed E-state index contributed by atoms with van der Waals surface area (Å²) in [6.07, 6.45) is 5.88. The molecule has 1 fully saturated rings. The molecule has 2 rings (SSSR count). The Morgan fingerprint density at radius 3 is 3.20 bits per heavy atom. The highest BCUT2D eigenvalue weighted by Gasteiger charge is 2.23. The summed E-state index contributed by atoms with van der Waals surface area (Å²) in [4.78, 5) is 8.02. The maximum absolute atomic E-state index is 5.59. The molecule has 0 spiro atoms. The van der Waals surface area contributed by atoms with Crippen LogP contribution in [-0.4, -0.2) is 18.1 Å². The van der Waals surface area contributed by atoms with Gasteiger partial charge in [-0.1, -0.05) is 13.3 Å². The average molecular weight is 225 g/mol. The van der Waals surface area contributed by atoms with Crippen molar-refractivity contribution in [3.8, 4) is 0 Å². The van der Waals surface area contributed by atoms with Crippen molar-refractivity contribution in [2.75, 3.05) is 18.0 Å². The summed E-state index contributed by atoms with van der Waals surface area (Å²) in [5.41, 5.74) is 5.59. The van der Waals surface area contributed by atoms with Crippen LogP contribution >= 0.6 is 11.3 Å². The lowest BCUT2D eigenvalue weighted by Gasteiger charge is -2.14. The predicted molar refractivity (Wildman–Crippen MR) is 65.2 cm³/mol. The Kier molecular flexibility index (Phi) is 3.59. The van der Waals surface area contributed by atoms with Crippen molar-refractivity contribution in [1.82, 2.24) is 4.98 Å². The molecule has 1 aromatic rings. The Hall–Kier alpha value is -0.610. The molecule has 0 aromatic carbocycles. The van der Waals surface area contributed by atoms with Crippen LogP contribution in [-0.2, 0) is 6.54 Å². The van der Waals surface area contributed by atoms with Gasteiger partial charge in [0, 0.05) is 30.7 Å². The molecule has 2 N–H and O–H groups in total. The fraction of sp³-hybridized carbons (Fsp3) is 0.727. The van der Waals surface area contributed by atoms with Crippen molar-refractivity contribution >= 4 is 16.5 Å². The third-order valence-corrected chi connectivity index (χ3v) is 4.08. The van der Waals surface area contributed by atoms with Gasteiger partial charge in [-0.2, -0.15) is 0 Å². The zero-order chi connectivity index (χ0) is 10.7. The van der Waals surface area contributed by atoms with E-state index >= 15 is 0 Å². The highest BCUT2D eigenvalue weighted by Crippen LogP contribution is 2.29. The Bertz CT molecular complexity index is 311. The van der Waals surface area contributed by atoms with Crippen LogP contribution in [0, 0.1) is 5.92 Å². The number of hydrogen-bond acceptors (Lipinski definition) is 4. The van der Waals surface area contributed by atoms with Crippen molar-refractivity contribution in [1.29, 1.82) is 0 Å². The minimum absolute atomic E-state index is 0.615. The van der Waals surface area contributed by atoms with Crippen LogP contribution in [0.1, 0.15) is 31.1 Å². The van der Waals surface area contributed by atoms with Crippen molar-refractivity contribution < 1.29 is 0 Å². The standard InChI is InChI=1S/C11H19N3S/c1-2-3-9-4-5-14(8-9)11-13-7-10(6-12)15-11/h7,9H,2-6,8,12H2,1H3. The topological polar surface area (TPSA) is 42.2 Å². The van der Waals surface area contributed by atoms with Crippen molar-refractivity contribution in [3.63, 3.8) is 0 Å². The van der Waals surface area contributed by atoms with Gasteiger partial charge in [0.05, 0.1) is 0 Å². The number of anilines is 1. The second-order valence-electron chi connectivity index (χ2n) is 4.20. The molecule has 1 aliphatic rings. The summed E-state index contributed by atoms with van der Waals surface area (Å²) in [6.45, 7) is 5.23. The van der Waals surface area contributed by atoms with Crippen molar-refractivity contribution in [2.24, 2.45) is 11.7 Å². The minimum atomic E-state index is 0.615. The lowest BCUT2D eigenvalue weighted by atomic mass is 10.0. The average Bonchev–Trinajstić information content (AvgIpc) is 2.85. The van der Waals surface area contributed by atoms with Gasteiger partial charge in [0.25, 0.3) is 0 Å². The smallest absolute Gasteiger partial charge is 0.185 e. The number of nitrogens with zero attached hydrogens (tertiary/aromatic N) is 2. The predicted octanol–water partition coefficient (Wildman–Crippen LogP) is 2.23. The molecule has 1 saturated heterocycles. The van der Waals surface area contributed by atoms with Gasteiger partial charge >= 0.3 is 0 Å². The van der Waals surface area contributed by atoms with E-state index in [2.05, 4.69) is 16.8 Å². The summed E-state index contributed by atoms with van der Waals surface area (Å²) >= 11 is 1.74. The molecule has 0 amide bonds. The van der Waals surface area contributed by atoms with Crippen molar-refractivity contribution in [3.05, 3.63) is 11.1 Å². The third kappa shape index (κ3) is 2.49. The fourth-order valence-corrected chi connectivity index (χ4v) is 3.01. The summed E-state index contributed by atoms with van der Waals surface area (Å²) in [6, 6.07) is 0. The number of aromatic nitrogens is 1.